The number of halogens is 2. The van der Waals surface area contributed by atoms with Crippen LogP contribution >= 0.6 is 0 Å². The van der Waals surface area contributed by atoms with E-state index in [2.05, 4.69) is 4.98 Å². The predicted octanol–water partition coefficient (Wildman–Crippen LogP) is 3.13. The topological polar surface area (TPSA) is 50.3 Å². The van der Waals surface area contributed by atoms with Gasteiger partial charge in [-0.15, -0.1) is 0 Å². The van der Waals surface area contributed by atoms with Crippen molar-refractivity contribution in [1.82, 2.24) is 9.29 Å². The first-order valence-electron chi connectivity index (χ1n) is 6.74. The van der Waals surface area contributed by atoms with Crippen molar-refractivity contribution in [2.75, 3.05) is 6.54 Å². The monoisotopic (exact) mass is 326 g/mol. The molecule has 0 N–H and O–H groups in total. The highest BCUT2D eigenvalue weighted by Gasteiger charge is 2.29. The fourth-order valence-electron chi connectivity index (χ4n) is 2.23. The molecule has 2 aromatic rings. The minimum Gasteiger partial charge on any atom is -0.260 e. The lowest BCUT2D eigenvalue weighted by atomic mass is 10.1. The molecule has 118 valence electrons. The molecule has 0 radical (unpaired) electrons. The van der Waals surface area contributed by atoms with Crippen LogP contribution in [0, 0.1) is 11.6 Å². The van der Waals surface area contributed by atoms with Gasteiger partial charge in [-0.25, -0.2) is 17.2 Å². The lowest BCUT2D eigenvalue weighted by molar-refractivity contribution is 0.356. The Labute approximate surface area is 128 Å². The Morgan fingerprint density at radius 2 is 1.77 bits per heavy atom. The average molecular weight is 326 g/mol. The first-order valence-corrected chi connectivity index (χ1v) is 8.18. The van der Waals surface area contributed by atoms with Crippen molar-refractivity contribution >= 4 is 10.0 Å². The highest BCUT2D eigenvalue weighted by atomic mass is 32.2. The van der Waals surface area contributed by atoms with Crippen molar-refractivity contribution in [1.29, 1.82) is 0 Å². The minimum absolute atomic E-state index is 0.192. The maximum absolute atomic E-state index is 13.2. The fourth-order valence-corrected chi connectivity index (χ4v) is 3.83. The van der Waals surface area contributed by atoms with Crippen LogP contribution in [0.25, 0.3) is 0 Å². The Bertz CT molecular complexity index is 748. The molecule has 0 spiro atoms. The highest BCUT2D eigenvalue weighted by Crippen LogP contribution is 2.27. The third-order valence-electron chi connectivity index (χ3n) is 3.38. The number of hydrogen-bond acceptors (Lipinski definition) is 3. The molecule has 0 bridgehead atoms. The molecule has 0 aliphatic carbocycles. The van der Waals surface area contributed by atoms with E-state index in [4.69, 9.17) is 0 Å². The number of pyridine rings is 1. The second-order valence-electron chi connectivity index (χ2n) is 4.77. The number of sulfonamides is 1. The summed E-state index contributed by atoms with van der Waals surface area (Å²) in [5, 5.41) is 0. The maximum Gasteiger partial charge on any atom is 0.245 e. The van der Waals surface area contributed by atoms with E-state index >= 15 is 0 Å². The van der Waals surface area contributed by atoms with Gasteiger partial charge in [-0.3, -0.25) is 4.98 Å². The van der Waals surface area contributed by atoms with Crippen LogP contribution in [0.3, 0.4) is 0 Å². The standard InChI is InChI=1S/C15H16F2N2O2S/c1-3-19(11(2)12-4-6-13(16)7-5-12)22(20,21)15-8-14(17)9-18-10-15/h4-11H,3H2,1-2H3/t11-/m1/s1. The van der Waals surface area contributed by atoms with Gasteiger partial charge in [0.25, 0.3) is 0 Å². The van der Waals surface area contributed by atoms with Gasteiger partial charge in [-0.2, -0.15) is 4.31 Å². The van der Waals surface area contributed by atoms with Crippen LogP contribution in [0.1, 0.15) is 25.5 Å². The SMILES string of the molecule is CCN([C@H](C)c1ccc(F)cc1)S(=O)(=O)c1cncc(F)c1. The van der Waals surface area contributed by atoms with Crippen molar-refractivity contribution in [2.24, 2.45) is 0 Å². The van der Waals surface area contributed by atoms with Gasteiger partial charge in [0.15, 0.2) is 0 Å². The first kappa shape index (κ1) is 16.5. The van der Waals surface area contributed by atoms with E-state index in [1.54, 1.807) is 13.8 Å². The van der Waals surface area contributed by atoms with E-state index in [9.17, 15) is 17.2 Å². The highest BCUT2D eigenvalue weighted by molar-refractivity contribution is 7.89. The molecule has 0 saturated heterocycles. The van der Waals surface area contributed by atoms with E-state index in [-0.39, 0.29) is 11.4 Å². The summed E-state index contributed by atoms with van der Waals surface area (Å²) in [6, 6.07) is 6.03. The Morgan fingerprint density at radius 1 is 1.14 bits per heavy atom. The molecule has 0 amide bonds. The summed E-state index contributed by atoms with van der Waals surface area (Å²) in [7, 11) is -3.89. The predicted molar refractivity (Wildman–Crippen MR) is 78.6 cm³/mol. The van der Waals surface area contributed by atoms with Crippen molar-refractivity contribution in [3.63, 3.8) is 0 Å². The largest absolute Gasteiger partial charge is 0.260 e. The third-order valence-corrected chi connectivity index (χ3v) is 5.39. The summed E-state index contributed by atoms with van der Waals surface area (Å²) >= 11 is 0. The summed E-state index contributed by atoms with van der Waals surface area (Å²) in [4.78, 5) is 3.38. The molecule has 1 aromatic heterocycles. The fraction of sp³-hybridized carbons (Fsp3) is 0.267. The van der Waals surface area contributed by atoms with Gasteiger partial charge in [-0.05, 0) is 30.7 Å². The Hall–Kier alpha value is -1.86. The molecule has 1 aromatic carbocycles. The van der Waals surface area contributed by atoms with Crippen LogP contribution in [0.5, 0.6) is 0 Å². The molecule has 7 heteroatoms. The number of rotatable bonds is 5. The molecule has 2 rings (SSSR count). The van der Waals surface area contributed by atoms with Crippen molar-refractivity contribution < 1.29 is 17.2 Å². The van der Waals surface area contributed by atoms with Crippen molar-refractivity contribution in [2.45, 2.75) is 24.8 Å². The molecule has 22 heavy (non-hydrogen) atoms. The molecule has 1 heterocycles. The number of nitrogens with zero attached hydrogens (tertiary/aromatic N) is 2. The van der Waals surface area contributed by atoms with Gasteiger partial charge in [0.05, 0.1) is 6.20 Å². The van der Waals surface area contributed by atoms with E-state index in [1.165, 1.54) is 28.6 Å². The van der Waals surface area contributed by atoms with Gasteiger partial charge >= 0.3 is 0 Å². The van der Waals surface area contributed by atoms with Crippen LogP contribution in [0.2, 0.25) is 0 Å². The van der Waals surface area contributed by atoms with Gasteiger partial charge < -0.3 is 0 Å². The molecule has 0 unspecified atom stereocenters. The number of benzene rings is 1. The Balaban J connectivity index is 2.40. The Kier molecular flexibility index (Phi) is 4.87. The van der Waals surface area contributed by atoms with Crippen LogP contribution < -0.4 is 0 Å². The lowest BCUT2D eigenvalue weighted by Gasteiger charge is -2.27. The zero-order valence-corrected chi connectivity index (χ0v) is 13.0. The van der Waals surface area contributed by atoms with E-state index < -0.39 is 27.7 Å². The molecular formula is C15H16F2N2O2S. The summed E-state index contributed by atoms with van der Waals surface area (Å²) in [5.41, 5.74) is 0.649. The quantitative estimate of drug-likeness (QED) is 0.848. The van der Waals surface area contributed by atoms with Gasteiger partial charge in [0.1, 0.15) is 16.5 Å². The first-order chi connectivity index (χ1) is 10.4. The number of aromatic nitrogens is 1. The normalized spacial score (nSPS) is 13.3. The maximum atomic E-state index is 13.2. The van der Waals surface area contributed by atoms with Crippen molar-refractivity contribution in [3.8, 4) is 0 Å². The van der Waals surface area contributed by atoms with Crippen LogP contribution in [0.4, 0.5) is 8.78 Å². The Morgan fingerprint density at radius 3 is 2.32 bits per heavy atom. The van der Waals surface area contributed by atoms with Gasteiger partial charge in [0, 0.05) is 18.8 Å². The van der Waals surface area contributed by atoms with E-state index in [1.807, 2.05) is 0 Å². The molecule has 4 nitrogen and oxygen atoms in total. The zero-order valence-electron chi connectivity index (χ0n) is 12.2. The van der Waals surface area contributed by atoms with Crippen molar-refractivity contribution in [3.05, 3.63) is 59.9 Å². The second kappa shape index (κ2) is 6.50. The molecule has 0 fully saturated rings. The van der Waals surface area contributed by atoms with Crippen LogP contribution in [0.15, 0.2) is 47.6 Å². The van der Waals surface area contributed by atoms with Crippen LogP contribution in [-0.4, -0.2) is 24.3 Å². The second-order valence-corrected chi connectivity index (χ2v) is 6.67. The summed E-state index contributed by atoms with van der Waals surface area (Å²) in [6.45, 7) is 3.57. The van der Waals surface area contributed by atoms with Crippen LogP contribution in [-0.2, 0) is 10.0 Å². The molecule has 1 atom stereocenters. The molecule has 0 aliphatic rings. The summed E-state index contributed by atoms with van der Waals surface area (Å²) < 4.78 is 52.7. The molecular weight excluding hydrogens is 310 g/mol. The van der Waals surface area contributed by atoms with E-state index in [0.717, 1.165) is 18.5 Å². The lowest BCUT2D eigenvalue weighted by Crippen LogP contribution is -2.33. The van der Waals surface area contributed by atoms with Gasteiger partial charge in [-0.1, -0.05) is 19.1 Å². The zero-order chi connectivity index (χ0) is 16.3. The number of hydrogen-bond donors (Lipinski definition) is 0. The van der Waals surface area contributed by atoms with Gasteiger partial charge in [0.2, 0.25) is 10.0 Å². The molecule has 0 saturated carbocycles. The third kappa shape index (κ3) is 3.31. The summed E-state index contributed by atoms with van der Waals surface area (Å²) in [6.07, 6.45) is 2.05. The molecule has 0 aliphatic heterocycles. The minimum atomic E-state index is -3.89. The smallest absolute Gasteiger partial charge is 0.245 e. The van der Waals surface area contributed by atoms with E-state index in [0.29, 0.717) is 5.56 Å². The average Bonchev–Trinajstić information content (AvgIpc) is 2.48. The summed E-state index contributed by atoms with van der Waals surface area (Å²) in [5.74, 6) is -1.11.